The minimum Gasteiger partial charge on any atom is -0.493 e. The molecule has 146 valence electrons. The van der Waals surface area contributed by atoms with Gasteiger partial charge >= 0.3 is 0 Å². The highest BCUT2D eigenvalue weighted by Crippen LogP contribution is 2.31. The van der Waals surface area contributed by atoms with Crippen molar-refractivity contribution in [2.45, 2.75) is 25.4 Å². The topological polar surface area (TPSA) is 89.5 Å². The normalized spacial score (nSPS) is 16.3. The summed E-state index contributed by atoms with van der Waals surface area (Å²) in [5.41, 5.74) is 1.15. The van der Waals surface area contributed by atoms with Gasteiger partial charge < -0.3 is 19.8 Å². The molecule has 2 aromatic heterocycles. The lowest BCUT2D eigenvalue weighted by atomic mass is 10.0. The largest absolute Gasteiger partial charge is 0.493 e. The number of nitrogens with one attached hydrogen (secondary N) is 2. The van der Waals surface area contributed by atoms with Gasteiger partial charge in [-0.2, -0.15) is 5.10 Å². The molecule has 4 rings (SSSR count). The summed E-state index contributed by atoms with van der Waals surface area (Å²) in [6.07, 6.45) is 4.88. The molecule has 0 saturated carbocycles. The Morgan fingerprint density at radius 2 is 2.21 bits per heavy atom. The van der Waals surface area contributed by atoms with Crippen LogP contribution < -0.4 is 15.4 Å². The Bertz CT molecular complexity index is 918. The molecule has 1 aliphatic rings. The lowest BCUT2D eigenvalue weighted by molar-refractivity contribution is 0.261. The van der Waals surface area contributed by atoms with Crippen molar-refractivity contribution in [1.82, 2.24) is 25.4 Å². The molecule has 28 heavy (non-hydrogen) atoms. The number of furan rings is 1. The van der Waals surface area contributed by atoms with Crippen molar-refractivity contribution in [2.75, 3.05) is 13.2 Å². The Labute approximate surface area is 163 Å². The maximum atomic E-state index is 5.77. The van der Waals surface area contributed by atoms with Crippen LogP contribution in [-0.2, 0) is 20.0 Å². The Balaban J connectivity index is 1.46. The monoisotopic (exact) mass is 380 g/mol. The first-order chi connectivity index (χ1) is 13.8. The minimum absolute atomic E-state index is 0.138. The van der Waals surface area contributed by atoms with Crippen LogP contribution in [0.25, 0.3) is 0 Å². The zero-order valence-electron chi connectivity index (χ0n) is 15.8. The number of rotatable bonds is 6. The summed E-state index contributed by atoms with van der Waals surface area (Å²) in [4.78, 5) is 8.96. The van der Waals surface area contributed by atoms with Crippen molar-refractivity contribution in [2.24, 2.45) is 12.0 Å². The van der Waals surface area contributed by atoms with Gasteiger partial charge in [-0.15, -0.1) is 0 Å². The molecule has 1 unspecified atom stereocenters. The van der Waals surface area contributed by atoms with Crippen molar-refractivity contribution < 1.29 is 9.15 Å². The average Bonchev–Trinajstić information content (AvgIpc) is 3.38. The van der Waals surface area contributed by atoms with Crippen LogP contribution >= 0.6 is 0 Å². The molecule has 8 nitrogen and oxygen atoms in total. The first-order valence-electron chi connectivity index (χ1n) is 9.41. The summed E-state index contributed by atoms with van der Waals surface area (Å²) in [5, 5.41) is 11.0. The number of hydrogen-bond donors (Lipinski definition) is 2. The van der Waals surface area contributed by atoms with Crippen molar-refractivity contribution in [3.63, 3.8) is 0 Å². The molecule has 0 bridgehead atoms. The first kappa shape index (κ1) is 18.1. The highest BCUT2D eigenvalue weighted by Gasteiger charge is 2.22. The Morgan fingerprint density at radius 3 is 3.04 bits per heavy atom. The molecular formula is C20H24N6O2. The number of aryl methyl sites for hydroxylation is 1. The number of fused-ring (bicyclic) bond motifs is 1. The molecular weight excluding hydrogens is 356 g/mol. The molecule has 2 N–H and O–H groups in total. The summed E-state index contributed by atoms with van der Waals surface area (Å²) >= 11 is 0. The summed E-state index contributed by atoms with van der Waals surface area (Å²) in [6.45, 7) is 1.83. The highest BCUT2D eigenvalue weighted by molar-refractivity contribution is 5.80. The second-order valence-electron chi connectivity index (χ2n) is 6.59. The molecule has 3 aromatic rings. The Kier molecular flexibility index (Phi) is 5.56. The van der Waals surface area contributed by atoms with E-state index >= 15 is 0 Å². The van der Waals surface area contributed by atoms with E-state index in [1.807, 2.05) is 37.4 Å². The molecule has 1 aromatic carbocycles. The molecule has 0 aliphatic carbocycles. The third kappa shape index (κ3) is 4.33. The van der Waals surface area contributed by atoms with Crippen LogP contribution in [0.1, 0.15) is 29.6 Å². The SMILES string of the molecule is Cn1ncnc1CN=C(NCCc1ccco1)NC1CCOc2ccccc21. The van der Waals surface area contributed by atoms with E-state index in [-0.39, 0.29) is 6.04 Å². The van der Waals surface area contributed by atoms with E-state index in [2.05, 4.69) is 26.8 Å². The van der Waals surface area contributed by atoms with Crippen molar-refractivity contribution >= 4 is 5.96 Å². The number of para-hydroxylation sites is 1. The fourth-order valence-corrected chi connectivity index (χ4v) is 3.18. The van der Waals surface area contributed by atoms with Crippen LogP contribution in [0.4, 0.5) is 0 Å². The quantitative estimate of drug-likeness (QED) is 0.503. The Morgan fingerprint density at radius 1 is 1.29 bits per heavy atom. The van der Waals surface area contributed by atoms with Crippen LogP contribution in [0.2, 0.25) is 0 Å². The van der Waals surface area contributed by atoms with E-state index in [1.54, 1.807) is 10.9 Å². The standard InChI is InChI=1S/C20H24N6O2/c1-26-19(23-14-24-26)13-22-20(21-10-8-15-5-4-11-27-15)25-17-9-12-28-18-7-3-2-6-16(17)18/h2-7,11,14,17H,8-10,12-13H2,1H3,(H2,21,22,25). The van der Waals surface area contributed by atoms with Crippen LogP contribution in [0.3, 0.4) is 0 Å². The van der Waals surface area contributed by atoms with E-state index in [4.69, 9.17) is 14.1 Å². The van der Waals surface area contributed by atoms with Crippen LogP contribution in [-0.4, -0.2) is 33.9 Å². The van der Waals surface area contributed by atoms with Crippen molar-refractivity contribution in [3.05, 3.63) is 66.1 Å². The van der Waals surface area contributed by atoms with Crippen LogP contribution in [0, 0.1) is 0 Å². The van der Waals surface area contributed by atoms with E-state index in [1.165, 1.54) is 6.33 Å². The first-order valence-corrected chi connectivity index (χ1v) is 9.41. The fourth-order valence-electron chi connectivity index (χ4n) is 3.18. The maximum Gasteiger partial charge on any atom is 0.192 e. The summed E-state index contributed by atoms with van der Waals surface area (Å²) < 4.78 is 12.9. The lowest BCUT2D eigenvalue weighted by Crippen LogP contribution is -2.42. The van der Waals surface area contributed by atoms with E-state index in [0.29, 0.717) is 19.7 Å². The molecule has 1 atom stereocenters. The van der Waals surface area contributed by atoms with Gasteiger partial charge in [0.25, 0.3) is 0 Å². The van der Waals surface area contributed by atoms with Gasteiger partial charge in [0.05, 0.1) is 18.9 Å². The van der Waals surface area contributed by atoms with Gasteiger partial charge in [-0.25, -0.2) is 9.98 Å². The van der Waals surface area contributed by atoms with E-state index in [9.17, 15) is 0 Å². The third-order valence-electron chi connectivity index (χ3n) is 4.70. The van der Waals surface area contributed by atoms with Gasteiger partial charge in [0.2, 0.25) is 0 Å². The minimum atomic E-state index is 0.138. The number of hydrogen-bond acceptors (Lipinski definition) is 5. The third-order valence-corrected chi connectivity index (χ3v) is 4.70. The van der Waals surface area contributed by atoms with Gasteiger partial charge in [0.15, 0.2) is 5.96 Å². The van der Waals surface area contributed by atoms with E-state index in [0.717, 1.165) is 41.7 Å². The summed E-state index contributed by atoms with van der Waals surface area (Å²) in [7, 11) is 1.87. The predicted octanol–water partition coefficient (Wildman–Crippen LogP) is 2.21. The van der Waals surface area contributed by atoms with Gasteiger partial charge in [-0.05, 0) is 18.2 Å². The molecule has 8 heteroatoms. The number of ether oxygens (including phenoxy) is 1. The second-order valence-corrected chi connectivity index (χ2v) is 6.59. The van der Waals surface area contributed by atoms with Gasteiger partial charge in [-0.1, -0.05) is 18.2 Å². The number of aromatic nitrogens is 3. The molecule has 0 saturated heterocycles. The number of benzene rings is 1. The molecule has 0 radical (unpaired) electrons. The zero-order chi connectivity index (χ0) is 19.2. The lowest BCUT2D eigenvalue weighted by Gasteiger charge is -2.28. The molecule has 0 fully saturated rings. The molecule has 1 aliphatic heterocycles. The predicted molar refractivity (Wildman–Crippen MR) is 105 cm³/mol. The maximum absolute atomic E-state index is 5.77. The highest BCUT2D eigenvalue weighted by atomic mass is 16.5. The number of aliphatic imine (C=N–C) groups is 1. The zero-order valence-corrected chi connectivity index (χ0v) is 15.8. The average molecular weight is 380 g/mol. The summed E-state index contributed by atoms with van der Waals surface area (Å²) in [6, 6.07) is 12.1. The smallest absolute Gasteiger partial charge is 0.192 e. The molecule has 0 amide bonds. The van der Waals surface area contributed by atoms with Crippen molar-refractivity contribution in [1.29, 1.82) is 0 Å². The van der Waals surface area contributed by atoms with Gasteiger partial charge in [0, 0.05) is 32.0 Å². The summed E-state index contributed by atoms with van der Waals surface area (Å²) in [5.74, 6) is 3.40. The second kappa shape index (κ2) is 8.60. The fraction of sp³-hybridized carbons (Fsp3) is 0.350. The van der Waals surface area contributed by atoms with E-state index < -0.39 is 0 Å². The molecule has 0 spiro atoms. The number of guanidine groups is 1. The number of nitrogens with zero attached hydrogens (tertiary/aromatic N) is 4. The van der Waals surface area contributed by atoms with Crippen LogP contribution in [0.5, 0.6) is 5.75 Å². The molecule has 3 heterocycles. The Hall–Kier alpha value is -3.29. The van der Waals surface area contributed by atoms with Gasteiger partial charge in [-0.3, -0.25) is 4.68 Å². The van der Waals surface area contributed by atoms with Crippen molar-refractivity contribution in [3.8, 4) is 5.75 Å². The van der Waals surface area contributed by atoms with Crippen LogP contribution in [0.15, 0.2) is 58.4 Å². The van der Waals surface area contributed by atoms with Gasteiger partial charge in [0.1, 0.15) is 30.2 Å².